The van der Waals surface area contributed by atoms with E-state index in [1.54, 1.807) is 17.7 Å². The molecule has 0 radical (unpaired) electrons. The highest BCUT2D eigenvalue weighted by atomic mass is 16.5. The number of anilines is 1. The molecule has 0 unspecified atom stereocenters. The molecule has 0 bridgehead atoms. The fourth-order valence-corrected chi connectivity index (χ4v) is 2.20. The molecule has 2 aromatic heterocycles. The quantitative estimate of drug-likeness (QED) is 0.545. The summed E-state index contributed by atoms with van der Waals surface area (Å²) in [5.41, 5.74) is -0.226. The molecule has 2 rings (SSSR count). The van der Waals surface area contributed by atoms with Gasteiger partial charge in [0, 0.05) is 33.4 Å². The van der Waals surface area contributed by atoms with Crippen LogP contribution in [-0.4, -0.2) is 38.9 Å². The Morgan fingerprint density at radius 3 is 2.91 bits per heavy atom. The van der Waals surface area contributed by atoms with Gasteiger partial charge >= 0.3 is 5.69 Å². The molecule has 0 saturated carbocycles. The average molecular weight is 307 g/mol. The zero-order valence-electron chi connectivity index (χ0n) is 12.9. The number of fused-ring (bicyclic) bond motifs is 1. The minimum atomic E-state index is -0.483. The third-order valence-electron chi connectivity index (χ3n) is 3.27. The molecular formula is C14H21N5O3. The second kappa shape index (κ2) is 7.08. The predicted molar refractivity (Wildman–Crippen MR) is 85.4 cm³/mol. The Kier molecular flexibility index (Phi) is 5.16. The van der Waals surface area contributed by atoms with E-state index in [1.165, 1.54) is 4.57 Å². The number of hydrogen-bond donors (Lipinski definition) is 2. The number of aromatic amines is 1. The molecule has 0 fully saturated rings. The van der Waals surface area contributed by atoms with Gasteiger partial charge in [0.05, 0.1) is 0 Å². The van der Waals surface area contributed by atoms with Crippen LogP contribution < -0.4 is 16.6 Å². The molecule has 0 amide bonds. The molecule has 120 valence electrons. The summed E-state index contributed by atoms with van der Waals surface area (Å²) in [6.45, 7) is 8.07. The highest BCUT2D eigenvalue weighted by Crippen LogP contribution is 2.15. The van der Waals surface area contributed by atoms with Crippen molar-refractivity contribution in [1.82, 2.24) is 19.1 Å². The van der Waals surface area contributed by atoms with Crippen molar-refractivity contribution in [3.8, 4) is 0 Å². The number of nitrogens with one attached hydrogen (secondary N) is 2. The molecule has 2 aromatic rings. The summed E-state index contributed by atoms with van der Waals surface area (Å²) in [6, 6.07) is 0. The number of H-pyrrole nitrogens is 1. The first kappa shape index (κ1) is 16.0. The molecule has 0 aliphatic rings. The number of allylic oxidation sites excluding steroid dienone is 1. The van der Waals surface area contributed by atoms with E-state index in [2.05, 4.69) is 21.9 Å². The van der Waals surface area contributed by atoms with Gasteiger partial charge in [-0.15, -0.1) is 6.58 Å². The molecule has 0 saturated heterocycles. The molecule has 0 aliphatic carbocycles. The standard InChI is InChI=1S/C14H21N5O3/c1-4-8-19-10-11(18(3)14(21)17-12(10)20)16-13(19)15-7-6-9-22-5-2/h4H,1,5-9H2,2-3H3,(H,15,16)(H,17,20,21). The Labute approximate surface area is 127 Å². The normalized spacial score (nSPS) is 11.0. The topological polar surface area (TPSA) is 93.9 Å². The molecule has 0 spiro atoms. The molecular weight excluding hydrogens is 286 g/mol. The van der Waals surface area contributed by atoms with Crippen molar-refractivity contribution in [1.29, 1.82) is 0 Å². The lowest BCUT2D eigenvalue weighted by Gasteiger charge is -2.08. The van der Waals surface area contributed by atoms with Crippen LogP contribution >= 0.6 is 0 Å². The van der Waals surface area contributed by atoms with E-state index >= 15 is 0 Å². The summed E-state index contributed by atoms with van der Waals surface area (Å²) in [7, 11) is 1.57. The zero-order valence-corrected chi connectivity index (χ0v) is 12.9. The van der Waals surface area contributed by atoms with Gasteiger partial charge in [-0.3, -0.25) is 14.3 Å². The van der Waals surface area contributed by atoms with E-state index in [4.69, 9.17) is 4.74 Å². The van der Waals surface area contributed by atoms with Gasteiger partial charge in [-0.1, -0.05) is 6.08 Å². The van der Waals surface area contributed by atoms with E-state index < -0.39 is 11.2 Å². The first-order chi connectivity index (χ1) is 10.6. The number of aromatic nitrogens is 4. The lowest BCUT2D eigenvalue weighted by molar-refractivity contribution is 0.147. The number of imidazole rings is 1. The van der Waals surface area contributed by atoms with Crippen LogP contribution in [0.4, 0.5) is 5.95 Å². The molecule has 0 aliphatic heterocycles. The number of hydrogen-bond acceptors (Lipinski definition) is 5. The summed E-state index contributed by atoms with van der Waals surface area (Å²) in [4.78, 5) is 30.4. The Hall–Kier alpha value is -2.35. The summed E-state index contributed by atoms with van der Waals surface area (Å²) in [5.74, 6) is 0.540. The molecule has 8 nitrogen and oxygen atoms in total. The number of aryl methyl sites for hydroxylation is 1. The van der Waals surface area contributed by atoms with Crippen molar-refractivity contribution in [3.63, 3.8) is 0 Å². The second-order valence-corrected chi connectivity index (χ2v) is 4.80. The maximum Gasteiger partial charge on any atom is 0.329 e. The highest BCUT2D eigenvalue weighted by molar-refractivity contribution is 5.74. The Morgan fingerprint density at radius 2 is 2.23 bits per heavy atom. The minimum absolute atomic E-state index is 0.350. The van der Waals surface area contributed by atoms with Crippen molar-refractivity contribution in [2.45, 2.75) is 19.9 Å². The smallest absolute Gasteiger partial charge is 0.329 e. The van der Waals surface area contributed by atoms with Gasteiger partial charge in [-0.2, -0.15) is 4.98 Å². The second-order valence-electron chi connectivity index (χ2n) is 4.80. The Morgan fingerprint density at radius 1 is 1.45 bits per heavy atom. The molecule has 0 aromatic carbocycles. The Balaban J connectivity index is 2.37. The van der Waals surface area contributed by atoms with Gasteiger partial charge in [0.15, 0.2) is 11.2 Å². The van der Waals surface area contributed by atoms with Crippen LogP contribution in [0.1, 0.15) is 13.3 Å². The van der Waals surface area contributed by atoms with E-state index in [0.29, 0.717) is 43.4 Å². The van der Waals surface area contributed by atoms with Gasteiger partial charge < -0.3 is 14.6 Å². The summed E-state index contributed by atoms with van der Waals surface area (Å²) in [5, 5.41) is 3.18. The van der Waals surface area contributed by atoms with Crippen molar-refractivity contribution in [2.75, 3.05) is 25.1 Å². The van der Waals surface area contributed by atoms with Crippen molar-refractivity contribution >= 4 is 17.1 Å². The summed E-state index contributed by atoms with van der Waals surface area (Å²) >= 11 is 0. The van der Waals surface area contributed by atoms with Crippen LogP contribution in [0, 0.1) is 0 Å². The van der Waals surface area contributed by atoms with Crippen LogP contribution in [0.3, 0.4) is 0 Å². The molecule has 8 heteroatoms. The van der Waals surface area contributed by atoms with Crippen molar-refractivity contribution in [3.05, 3.63) is 33.5 Å². The van der Waals surface area contributed by atoms with E-state index in [0.717, 1.165) is 6.42 Å². The predicted octanol–water partition coefficient (Wildman–Crippen LogP) is 0.448. The van der Waals surface area contributed by atoms with E-state index in [1.807, 2.05) is 6.92 Å². The fourth-order valence-electron chi connectivity index (χ4n) is 2.20. The highest BCUT2D eigenvalue weighted by Gasteiger charge is 2.16. The van der Waals surface area contributed by atoms with Crippen LogP contribution in [0.15, 0.2) is 22.2 Å². The fraction of sp³-hybridized carbons (Fsp3) is 0.500. The van der Waals surface area contributed by atoms with E-state index in [-0.39, 0.29) is 0 Å². The SMILES string of the molecule is C=CCn1c(NCCCOCC)nc2c1c(=O)[nH]c(=O)n2C. The van der Waals surface area contributed by atoms with Gasteiger partial charge in [0.1, 0.15) is 0 Å². The van der Waals surface area contributed by atoms with Crippen molar-refractivity contribution in [2.24, 2.45) is 7.05 Å². The lowest BCUT2D eigenvalue weighted by atomic mass is 10.4. The van der Waals surface area contributed by atoms with Crippen LogP contribution in [0.2, 0.25) is 0 Å². The monoisotopic (exact) mass is 307 g/mol. The lowest BCUT2D eigenvalue weighted by Crippen LogP contribution is -2.29. The maximum atomic E-state index is 12.1. The third-order valence-corrected chi connectivity index (χ3v) is 3.27. The van der Waals surface area contributed by atoms with Gasteiger partial charge in [0.2, 0.25) is 5.95 Å². The zero-order chi connectivity index (χ0) is 16.1. The van der Waals surface area contributed by atoms with Crippen molar-refractivity contribution < 1.29 is 4.74 Å². The summed E-state index contributed by atoms with van der Waals surface area (Å²) < 4.78 is 8.31. The first-order valence-electron chi connectivity index (χ1n) is 7.22. The summed E-state index contributed by atoms with van der Waals surface area (Å²) in [6.07, 6.45) is 2.50. The van der Waals surface area contributed by atoms with Gasteiger partial charge in [-0.25, -0.2) is 4.79 Å². The van der Waals surface area contributed by atoms with E-state index in [9.17, 15) is 9.59 Å². The van der Waals surface area contributed by atoms with Crippen LogP contribution in [0.25, 0.3) is 11.2 Å². The number of ether oxygens (including phenoxy) is 1. The first-order valence-corrected chi connectivity index (χ1v) is 7.22. The molecule has 2 heterocycles. The molecule has 2 N–H and O–H groups in total. The van der Waals surface area contributed by atoms with Gasteiger partial charge in [-0.05, 0) is 13.3 Å². The molecule has 0 atom stereocenters. The van der Waals surface area contributed by atoms with Crippen LogP contribution in [0.5, 0.6) is 0 Å². The third kappa shape index (κ3) is 3.11. The minimum Gasteiger partial charge on any atom is -0.382 e. The maximum absolute atomic E-state index is 12.1. The number of rotatable bonds is 8. The average Bonchev–Trinajstić information content (AvgIpc) is 2.85. The number of nitrogens with zero attached hydrogens (tertiary/aromatic N) is 3. The van der Waals surface area contributed by atoms with Crippen LogP contribution in [-0.2, 0) is 18.3 Å². The molecule has 22 heavy (non-hydrogen) atoms. The van der Waals surface area contributed by atoms with Gasteiger partial charge in [0.25, 0.3) is 5.56 Å². The Bertz CT molecular complexity index is 771. The largest absolute Gasteiger partial charge is 0.382 e.